The summed E-state index contributed by atoms with van der Waals surface area (Å²) >= 11 is 0. The fraction of sp³-hybridized carbons (Fsp3) is 0.0714. The lowest BCUT2D eigenvalue weighted by Crippen LogP contribution is -1.85. The van der Waals surface area contributed by atoms with Gasteiger partial charge in [0.1, 0.15) is 0 Å². The first-order valence-electron chi connectivity index (χ1n) is 5.47. The summed E-state index contributed by atoms with van der Waals surface area (Å²) in [6.07, 6.45) is 3.47. The van der Waals surface area contributed by atoms with Crippen LogP contribution in [0.5, 0.6) is 0 Å². The van der Waals surface area contributed by atoms with E-state index >= 15 is 0 Å². The highest BCUT2D eigenvalue weighted by atomic mass is 15.1. The van der Waals surface area contributed by atoms with E-state index < -0.39 is 0 Å². The SMILES string of the molecule is Cc1ccc2cc(-c3ccnnc3)ccc2n1. The molecule has 0 atom stereocenters. The summed E-state index contributed by atoms with van der Waals surface area (Å²) in [5, 5.41) is 8.82. The van der Waals surface area contributed by atoms with E-state index in [0.717, 1.165) is 27.7 Å². The number of rotatable bonds is 1. The first-order valence-corrected chi connectivity index (χ1v) is 5.47. The van der Waals surface area contributed by atoms with Gasteiger partial charge >= 0.3 is 0 Å². The van der Waals surface area contributed by atoms with E-state index in [1.807, 2.05) is 25.1 Å². The van der Waals surface area contributed by atoms with Gasteiger partial charge in [0.05, 0.1) is 17.9 Å². The second-order valence-electron chi connectivity index (χ2n) is 3.99. The van der Waals surface area contributed by atoms with Gasteiger partial charge in [-0.2, -0.15) is 10.2 Å². The normalized spacial score (nSPS) is 10.6. The predicted octanol–water partition coefficient (Wildman–Crippen LogP) is 3.00. The van der Waals surface area contributed by atoms with Crippen LogP contribution in [0.25, 0.3) is 22.0 Å². The molecule has 3 aromatic rings. The van der Waals surface area contributed by atoms with Crippen molar-refractivity contribution in [1.82, 2.24) is 15.2 Å². The molecule has 2 aromatic heterocycles. The number of fused-ring (bicyclic) bond motifs is 1. The number of pyridine rings is 1. The predicted molar refractivity (Wildman–Crippen MR) is 67.5 cm³/mol. The van der Waals surface area contributed by atoms with Crippen molar-refractivity contribution in [2.24, 2.45) is 0 Å². The Kier molecular flexibility index (Phi) is 2.29. The van der Waals surface area contributed by atoms with Crippen molar-refractivity contribution in [2.45, 2.75) is 6.92 Å². The number of aryl methyl sites for hydroxylation is 1. The molecule has 0 radical (unpaired) electrons. The molecule has 0 aliphatic carbocycles. The molecule has 2 heterocycles. The quantitative estimate of drug-likeness (QED) is 0.634. The molecule has 0 fully saturated rings. The van der Waals surface area contributed by atoms with E-state index in [9.17, 15) is 0 Å². The second kappa shape index (κ2) is 3.94. The van der Waals surface area contributed by atoms with Crippen LogP contribution in [0.15, 0.2) is 48.8 Å². The Morgan fingerprint density at radius 2 is 1.82 bits per heavy atom. The molecule has 0 aliphatic heterocycles. The minimum atomic E-state index is 1.02. The van der Waals surface area contributed by atoms with Gasteiger partial charge < -0.3 is 0 Å². The lowest BCUT2D eigenvalue weighted by atomic mass is 10.1. The van der Waals surface area contributed by atoms with Crippen molar-refractivity contribution in [2.75, 3.05) is 0 Å². The van der Waals surface area contributed by atoms with E-state index in [2.05, 4.69) is 33.4 Å². The molecule has 1 aromatic carbocycles. The van der Waals surface area contributed by atoms with Gasteiger partial charge in [-0.1, -0.05) is 12.1 Å². The molecular formula is C14H11N3. The zero-order chi connectivity index (χ0) is 11.7. The van der Waals surface area contributed by atoms with Crippen molar-refractivity contribution >= 4 is 10.9 Å². The lowest BCUT2D eigenvalue weighted by Gasteiger charge is -2.03. The van der Waals surface area contributed by atoms with Gasteiger partial charge in [0, 0.05) is 16.6 Å². The standard InChI is InChI=1S/C14H11N3/c1-10-2-3-12-8-11(4-5-14(12)17-10)13-6-7-15-16-9-13/h2-9H,1H3. The highest BCUT2D eigenvalue weighted by Crippen LogP contribution is 2.22. The molecule has 0 bridgehead atoms. The Hall–Kier alpha value is -2.29. The van der Waals surface area contributed by atoms with Crippen molar-refractivity contribution in [3.8, 4) is 11.1 Å². The van der Waals surface area contributed by atoms with Crippen LogP contribution >= 0.6 is 0 Å². The zero-order valence-electron chi connectivity index (χ0n) is 9.46. The maximum absolute atomic E-state index is 4.48. The van der Waals surface area contributed by atoms with E-state index in [1.165, 1.54) is 0 Å². The van der Waals surface area contributed by atoms with Crippen LogP contribution < -0.4 is 0 Å². The summed E-state index contributed by atoms with van der Waals surface area (Å²) in [6, 6.07) is 12.3. The van der Waals surface area contributed by atoms with Crippen LogP contribution in [0.4, 0.5) is 0 Å². The lowest BCUT2D eigenvalue weighted by molar-refractivity contribution is 1.03. The Morgan fingerprint density at radius 3 is 2.65 bits per heavy atom. The van der Waals surface area contributed by atoms with Crippen molar-refractivity contribution < 1.29 is 0 Å². The minimum Gasteiger partial charge on any atom is -0.253 e. The smallest absolute Gasteiger partial charge is 0.0705 e. The van der Waals surface area contributed by atoms with Crippen LogP contribution in [0.2, 0.25) is 0 Å². The van der Waals surface area contributed by atoms with Gasteiger partial charge in [-0.15, -0.1) is 0 Å². The molecule has 0 saturated heterocycles. The van der Waals surface area contributed by atoms with Gasteiger partial charge in [0.15, 0.2) is 0 Å². The third-order valence-corrected chi connectivity index (χ3v) is 2.75. The largest absolute Gasteiger partial charge is 0.253 e. The summed E-state index contributed by atoms with van der Waals surface area (Å²) in [4.78, 5) is 4.48. The molecular weight excluding hydrogens is 210 g/mol. The van der Waals surface area contributed by atoms with E-state index in [-0.39, 0.29) is 0 Å². The summed E-state index contributed by atoms with van der Waals surface area (Å²) < 4.78 is 0. The van der Waals surface area contributed by atoms with E-state index in [4.69, 9.17) is 0 Å². The summed E-state index contributed by atoms with van der Waals surface area (Å²) in [5.41, 5.74) is 4.27. The third-order valence-electron chi connectivity index (χ3n) is 2.75. The molecule has 0 saturated carbocycles. The van der Waals surface area contributed by atoms with Gasteiger partial charge in [-0.05, 0) is 36.8 Å². The fourth-order valence-corrected chi connectivity index (χ4v) is 1.87. The van der Waals surface area contributed by atoms with E-state index in [0.29, 0.717) is 0 Å². The van der Waals surface area contributed by atoms with Gasteiger partial charge in [-0.3, -0.25) is 4.98 Å². The second-order valence-corrected chi connectivity index (χ2v) is 3.99. The molecule has 0 unspecified atom stereocenters. The van der Waals surface area contributed by atoms with Crippen LogP contribution in [-0.2, 0) is 0 Å². The highest BCUT2D eigenvalue weighted by molar-refractivity contribution is 5.84. The molecule has 3 heteroatoms. The topological polar surface area (TPSA) is 38.7 Å². The van der Waals surface area contributed by atoms with Crippen LogP contribution in [0.3, 0.4) is 0 Å². The number of nitrogens with zero attached hydrogens (tertiary/aromatic N) is 3. The van der Waals surface area contributed by atoms with Crippen molar-refractivity contribution in [3.05, 3.63) is 54.5 Å². The van der Waals surface area contributed by atoms with Gasteiger partial charge in [-0.25, -0.2) is 0 Å². The summed E-state index contributed by atoms with van der Waals surface area (Å²) in [5.74, 6) is 0. The molecule has 0 aliphatic rings. The summed E-state index contributed by atoms with van der Waals surface area (Å²) in [7, 11) is 0. The number of aromatic nitrogens is 3. The highest BCUT2D eigenvalue weighted by Gasteiger charge is 2.00. The minimum absolute atomic E-state index is 1.02. The zero-order valence-corrected chi connectivity index (χ0v) is 9.46. The molecule has 3 nitrogen and oxygen atoms in total. The molecule has 82 valence electrons. The average Bonchev–Trinajstić information content (AvgIpc) is 2.39. The van der Waals surface area contributed by atoms with Crippen molar-refractivity contribution in [3.63, 3.8) is 0 Å². The maximum Gasteiger partial charge on any atom is 0.0705 e. The van der Waals surface area contributed by atoms with Crippen LogP contribution in [-0.4, -0.2) is 15.2 Å². The Bertz CT molecular complexity index is 663. The number of benzene rings is 1. The molecule has 0 amide bonds. The van der Waals surface area contributed by atoms with Crippen LogP contribution in [0, 0.1) is 6.92 Å². The van der Waals surface area contributed by atoms with Crippen molar-refractivity contribution in [1.29, 1.82) is 0 Å². The molecule has 0 spiro atoms. The number of hydrogen-bond donors (Lipinski definition) is 0. The third kappa shape index (κ3) is 1.87. The van der Waals surface area contributed by atoms with E-state index in [1.54, 1.807) is 12.4 Å². The van der Waals surface area contributed by atoms with Gasteiger partial charge in [0.2, 0.25) is 0 Å². The Balaban J connectivity index is 2.17. The first kappa shape index (κ1) is 9.90. The monoisotopic (exact) mass is 221 g/mol. The maximum atomic E-state index is 4.48. The average molecular weight is 221 g/mol. The number of hydrogen-bond acceptors (Lipinski definition) is 3. The first-order chi connectivity index (χ1) is 8.33. The Morgan fingerprint density at radius 1 is 0.882 bits per heavy atom. The molecule has 3 rings (SSSR count). The fourth-order valence-electron chi connectivity index (χ4n) is 1.87. The molecule has 0 N–H and O–H groups in total. The van der Waals surface area contributed by atoms with Gasteiger partial charge in [0.25, 0.3) is 0 Å². The summed E-state index contributed by atoms with van der Waals surface area (Å²) in [6.45, 7) is 2.00. The Labute approximate surface area is 99.2 Å². The molecule has 17 heavy (non-hydrogen) atoms. The van der Waals surface area contributed by atoms with Crippen LogP contribution in [0.1, 0.15) is 5.69 Å².